The van der Waals surface area contributed by atoms with E-state index in [2.05, 4.69) is 13.7 Å². The van der Waals surface area contributed by atoms with Crippen molar-refractivity contribution in [3.8, 4) is 0 Å². The van der Waals surface area contributed by atoms with E-state index in [9.17, 15) is 8.42 Å². The molecular weight excluding hydrogens is 384 g/mol. The monoisotopic (exact) mass is 400 g/mol. The number of nitrogens with zero attached hydrogens (tertiary/aromatic N) is 4. The maximum Gasteiger partial charge on any atom is 0.245 e. The molecule has 0 N–H and O–H groups in total. The molecule has 0 saturated carbocycles. The third-order valence-electron chi connectivity index (χ3n) is 4.91. The molecule has 0 spiro atoms. The number of hydrogen-bond acceptors (Lipinski definition) is 7. The number of benzene rings is 2. The number of sulfonamides is 1. The summed E-state index contributed by atoms with van der Waals surface area (Å²) in [5, 5.41) is 0. The standard InChI is InChI=1S/C18H16N4O3S2/c23-27(24,16-9-3-7-14-17(16)21-26-20-14)22-10-4-5-12(11-22)18-19-13-6-1-2-8-15(13)25-18/h1-3,6-9,12H,4-5,10-11H2. The van der Waals surface area contributed by atoms with Crippen LogP contribution in [-0.2, 0) is 10.0 Å². The average Bonchev–Trinajstić information content (AvgIpc) is 3.34. The molecule has 4 aromatic rings. The molecule has 138 valence electrons. The first-order valence-corrected chi connectivity index (χ1v) is 10.9. The Morgan fingerprint density at radius 3 is 2.81 bits per heavy atom. The molecule has 2 aromatic carbocycles. The third kappa shape index (κ3) is 2.82. The highest BCUT2D eigenvalue weighted by Gasteiger charge is 2.34. The summed E-state index contributed by atoms with van der Waals surface area (Å²) in [4.78, 5) is 4.77. The van der Waals surface area contributed by atoms with E-state index in [0.717, 1.165) is 35.7 Å². The van der Waals surface area contributed by atoms with Gasteiger partial charge in [-0.15, -0.1) is 0 Å². The van der Waals surface area contributed by atoms with E-state index in [1.54, 1.807) is 18.2 Å². The largest absolute Gasteiger partial charge is 0.440 e. The minimum Gasteiger partial charge on any atom is -0.440 e. The number of aromatic nitrogens is 3. The topological polar surface area (TPSA) is 89.2 Å². The zero-order chi connectivity index (χ0) is 18.4. The van der Waals surface area contributed by atoms with Gasteiger partial charge in [0.05, 0.1) is 11.7 Å². The normalized spacial score (nSPS) is 19.0. The lowest BCUT2D eigenvalue weighted by Gasteiger charge is -2.30. The van der Waals surface area contributed by atoms with Crippen LogP contribution in [0.1, 0.15) is 24.7 Å². The van der Waals surface area contributed by atoms with Crippen LogP contribution in [0.25, 0.3) is 22.1 Å². The molecule has 5 rings (SSSR count). The molecule has 1 fully saturated rings. The molecule has 1 aliphatic heterocycles. The third-order valence-corrected chi connectivity index (χ3v) is 7.35. The van der Waals surface area contributed by atoms with Gasteiger partial charge in [-0.05, 0) is 37.1 Å². The van der Waals surface area contributed by atoms with E-state index in [4.69, 9.17) is 4.42 Å². The van der Waals surface area contributed by atoms with E-state index >= 15 is 0 Å². The molecule has 0 bridgehead atoms. The highest BCUT2D eigenvalue weighted by molar-refractivity contribution is 7.89. The van der Waals surface area contributed by atoms with Gasteiger partial charge in [0.1, 0.15) is 21.4 Å². The van der Waals surface area contributed by atoms with Crippen LogP contribution in [0.4, 0.5) is 0 Å². The second-order valence-electron chi connectivity index (χ2n) is 6.61. The molecule has 0 aliphatic carbocycles. The summed E-state index contributed by atoms with van der Waals surface area (Å²) in [6.07, 6.45) is 1.61. The van der Waals surface area contributed by atoms with Gasteiger partial charge in [-0.3, -0.25) is 0 Å². The highest BCUT2D eigenvalue weighted by atomic mass is 32.2. The fourth-order valence-electron chi connectivity index (χ4n) is 3.56. The lowest BCUT2D eigenvalue weighted by Crippen LogP contribution is -2.39. The molecule has 27 heavy (non-hydrogen) atoms. The van der Waals surface area contributed by atoms with E-state index in [1.165, 1.54) is 4.31 Å². The van der Waals surface area contributed by atoms with Gasteiger partial charge in [-0.1, -0.05) is 18.2 Å². The number of hydrogen-bond donors (Lipinski definition) is 0. The number of fused-ring (bicyclic) bond motifs is 2. The Bertz CT molecular complexity index is 1200. The maximum atomic E-state index is 13.3. The molecule has 0 radical (unpaired) electrons. The minimum absolute atomic E-state index is 0.0614. The van der Waals surface area contributed by atoms with Crippen LogP contribution in [0, 0.1) is 0 Å². The van der Waals surface area contributed by atoms with Gasteiger partial charge in [-0.2, -0.15) is 13.1 Å². The second kappa shape index (κ2) is 6.36. The number of rotatable bonds is 3. The van der Waals surface area contributed by atoms with Gasteiger partial charge in [-0.25, -0.2) is 13.4 Å². The predicted octanol–water partition coefficient (Wildman–Crippen LogP) is 3.40. The smallest absolute Gasteiger partial charge is 0.245 e. The Kier molecular flexibility index (Phi) is 3.96. The zero-order valence-corrected chi connectivity index (χ0v) is 15.9. The van der Waals surface area contributed by atoms with Gasteiger partial charge >= 0.3 is 0 Å². The van der Waals surface area contributed by atoms with Crippen molar-refractivity contribution in [2.45, 2.75) is 23.7 Å². The van der Waals surface area contributed by atoms with Gasteiger partial charge in [0.25, 0.3) is 0 Å². The number of oxazole rings is 1. The van der Waals surface area contributed by atoms with Crippen molar-refractivity contribution in [2.24, 2.45) is 0 Å². The summed E-state index contributed by atoms with van der Waals surface area (Å²) in [5.41, 5.74) is 2.57. The summed E-state index contributed by atoms with van der Waals surface area (Å²) in [7, 11) is -3.66. The molecule has 1 atom stereocenters. The summed E-state index contributed by atoms with van der Waals surface area (Å²) in [6, 6.07) is 12.7. The summed E-state index contributed by atoms with van der Waals surface area (Å²) in [6.45, 7) is 0.829. The molecule has 9 heteroatoms. The maximum absolute atomic E-state index is 13.3. The van der Waals surface area contributed by atoms with Crippen molar-refractivity contribution in [3.05, 3.63) is 48.4 Å². The van der Waals surface area contributed by atoms with E-state index in [0.29, 0.717) is 30.0 Å². The second-order valence-corrected chi connectivity index (χ2v) is 9.04. The molecule has 1 saturated heterocycles. The van der Waals surface area contributed by atoms with Crippen molar-refractivity contribution in [1.82, 2.24) is 18.0 Å². The number of piperidine rings is 1. The number of para-hydroxylation sites is 2. The Balaban J connectivity index is 1.49. The van der Waals surface area contributed by atoms with Gasteiger partial charge in [0, 0.05) is 19.0 Å². The Hall–Kier alpha value is -2.36. The molecular formula is C18H16N4O3S2. The van der Waals surface area contributed by atoms with E-state index in [1.807, 2.05) is 24.3 Å². The van der Waals surface area contributed by atoms with Gasteiger partial charge < -0.3 is 4.42 Å². The van der Waals surface area contributed by atoms with Crippen LogP contribution in [0.5, 0.6) is 0 Å². The van der Waals surface area contributed by atoms with Crippen LogP contribution in [0.15, 0.2) is 51.8 Å². The van der Waals surface area contributed by atoms with Gasteiger partial charge in [0.15, 0.2) is 11.5 Å². The zero-order valence-electron chi connectivity index (χ0n) is 14.3. The fourth-order valence-corrected chi connectivity index (χ4v) is 5.83. The van der Waals surface area contributed by atoms with E-state index in [-0.39, 0.29) is 10.8 Å². The molecule has 0 amide bonds. The van der Waals surface area contributed by atoms with Crippen LogP contribution in [-0.4, -0.2) is 39.5 Å². The highest BCUT2D eigenvalue weighted by Crippen LogP contribution is 2.33. The summed E-state index contributed by atoms with van der Waals surface area (Å²) < 4.78 is 42.2. The first-order valence-electron chi connectivity index (χ1n) is 8.70. The molecule has 7 nitrogen and oxygen atoms in total. The quantitative estimate of drug-likeness (QED) is 0.524. The lowest BCUT2D eigenvalue weighted by atomic mass is 10.00. The van der Waals surface area contributed by atoms with E-state index < -0.39 is 10.0 Å². The molecule has 2 aromatic heterocycles. The van der Waals surface area contributed by atoms with Crippen molar-refractivity contribution in [2.75, 3.05) is 13.1 Å². The first kappa shape index (κ1) is 16.8. The first-order chi connectivity index (χ1) is 13.1. The van der Waals surface area contributed by atoms with Crippen molar-refractivity contribution in [1.29, 1.82) is 0 Å². The lowest BCUT2D eigenvalue weighted by molar-refractivity contribution is 0.288. The predicted molar refractivity (Wildman–Crippen MR) is 102 cm³/mol. The van der Waals surface area contributed by atoms with Crippen molar-refractivity contribution in [3.63, 3.8) is 0 Å². The van der Waals surface area contributed by atoms with Crippen LogP contribution >= 0.6 is 11.7 Å². The molecule has 1 aliphatic rings. The van der Waals surface area contributed by atoms with Crippen molar-refractivity contribution >= 4 is 43.9 Å². The SMILES string of the molecule is O=S(=O)(c1cccc2nsnc12)N1CCCC(c2nc3ccccc3o2)C1. The van der Waals surface area contributed by atoms with Crippen molar-refractivity contribution < 1.29 is 12.8 Å². The molecule has 1 unspecified atom stereocenters. The van der Waals surface area contributed by atoms with Gasteiger partial charge in [0.2, 0.25) is 10.0 Å². The van der Waals surface area contributed by atoms with Crippen LogP contribution in [0.3, 0.4) is 0 Å². The average molecular weight is 400 g/mol. The Morgan fingerprint density at radius 2 is 1.93 bits per heavy atom. The summed E-state index contributed by atoms with van der Waals surface area (Å²) in [5.74, 6) is 0.540. The fraction of sp³-hybridized carbons (Fsp3) is 0.278. The van der Waals surface area contributed by atoms with Crippen LogP contribution in [0.2, 0.25) is 0 Å². The summed E-state index contributed by atoms with van der Waals surface area (Å²) >= 11 is 1.02. The Labute approximate surface area is 160 Å². The van der Waals surface area contributed by atoms with Crippen LogP contribution < -0.4 is 0 Å². The molecule has 3 heterocycles. The minimum atomic E-state index is -3.66. The Morgan fingerprint density at radius 1 is 1.07 bits per heavy atom.